The zero-order valence-electron chi connectivity index (χ0n) is 9.58. The maximum atomic E-state index is 11.5. The molecule has 1 amide bonds. The number of nitrogens with two attached hydrogens (primary N) is 1. The highest BCUT2D eigenvalue weighted by Gasteiger charge is 2.25. The van der Waals surface area contributed by atoms with E-state index in [9.17, 15) is 4.79 Å². The summed E-state index contributed by atoms with van der Waals surface area (Å²) in [5.74, 6) is 1.95. The van der Waals surface area contributed by atoms with Gasteiger partial charge in [-0.2, -0.15) is 11.8 Å². The van der Waals surface area contributed by atoms with Crippen molar-refractivity contribution in [1.82, 2.24) is 5.32 Å². The summed E-state index contributed by atoms with van der Waals surface area (Å²) in [6, 6.07) is 0.0948. The first-order valence-corrected chi connectivity index (χ1v) is 6.37. The first kappa shape index (κ1) is 12.6. The number of nitrogens with one attached hydrogen (secondary N) is 1. The second-order valence-corrected chi connectivity index (χ2v) is 5.93. The van der Waals surface area contributed by atoms with E-state index >= 15 is 0 Å². The van der Waals surface area contributed by atoms with Gasteiger partial charge in [0.25, 0.3) is 0 Å². The predicted octanol–water partition coefficient (Wildman–Crippen LogP) is 1.34. The van der Waals surface area contributed by atoms with Crippen LogP contribution in [0.2, 0.25) is 0 Å². The van der Waals surface area contributed by atoms with E-state index in [0.717, 1.165) is 17.9 Å². The van der Waals surface area contributed by atoms with Crippen LogP contribution in [0.15, 0.2) is 0 Å². The molecule has 0 saturated carbocycles. The van der Waals surface area contributed by atoms with Crippen molar-refractivity contribution in [2.24, 2.45) is 5.73 Å². The summed E-state index contributed by atoms with van der Waals surface area (Å²) in [7, 11) is 0. The third kappa shape index (κ3) is 4.75. The Morgan fingerprint density at radius 1 is 1.53 bits per heavy atom. The molecule has 4 nitrogen and oxygen atoms in total. The van der Waals surface area contributed by atoms with Crippen LogP contribution in [0, 0.1) is 0 Å². The van der Waals surface area contributed by atoms with E-state index in [1.807, 2.05) is 32.5 Å². The first-order valence-electron chi connectivity index (χ1n) is 5.21. The number of alkyl carbamates (subject to hydrolysis) is 1. The summed E-state index contributed by atoms with van der Waals surface area (Å²) in [5, 5.41) is 2.82. The summed E-state index contributed by atoms with van der Waals surface area (Å²) in [4.78, 5) is 11.5. The molecule has 1 aliphatic heterocycles. The molecule has 15 heavy (non-hydrogen) atoms. The SMILES string of the molecule is CC(C)(C)OC(=O)NC1CSCCC1N. The second kappa shape index (κ2) is 5.07. The molecule has 2 unspecified atom stereocenters. The molecule has 3 N–H and O–H groups in total. The third-order valence-electron chi connectivity index (χ3n) is 2.11. The van der Waals surface area contributed by atoms with Crippen LogP contribution < -0.4 is 11.1 Å². The highest BCUT2D eigenvalue weighted by molar-refractivity contribution is 7.99. The number of amides is 1. The largest absolute Gasteiger partial charge is 0.444 e. The Labute approximate surface area is 95.3 Å². The quantitative estimate of drug-likeness (QED) is 0.716. The van der Waals surface area contributed by atoms with E-state index in [-0.39, 0.29) is 18.2 Å². The summed E-state index contributed by atoms with van der Waals surface area (Å²) in [6.45, 7) is 5.55. The van der Waals surface area contributed by atoms with Gasteiger partial charge in [0.15, 0.2) is 0 Å². The van der Waals surface area contributed by atoms with Gasteiger partial charge < -0.3 is 15.8 Å². The minimum Gasteiger partial charge on any atom is -0.444 e. The van der Waals surface area contributed by atoms with Crippen molar-refractivity contribution in [3.05, 3.63) is 0 Å². The van der Waals surface area contributed by atoms with Gasteiger partial charge in [-0.15, -0.1) is 0 Å². The highest BCUT2D eigenvalue weighted by atomic mass is 32.2. The van der Waals surface area contributed by atoms with Gasteiger partial charge in [0.05, 0.1) is 6.04 Å². The minimum atomic E-state index is -0.448. The minimum absolute atomic E-state index is 0.0404. The van der Waals surface area contributed by atoms with Crippen molar-refractivity contribution in [3.8, 4) is 0 Å². The molecule has 1 aliphatic rings. The number of rotatable bonds is 1. The van der Waals surface area contributed by atoms with Gasteiger partial charge in [-0.25, -0.2) is 4.79 Å². The molecule has 0 bridgehead atoms. The van der Waals surface area contributed by atoms with Crippen molar-refractivity contribution in [3.63, 3.8) is 0 Å². The molecule has 88 valence electrons. The summed E-state index contributed by atoms with van der Waals surface area (Å²) in [6.07, 6.45) is 0.580. The standard InChI is InChI=1S/C10H20N2O2S/c1-10(2,3)14-9(13)12-8-6-15-5-4-7(8)11/h7-8H,4-6,11H2,1-3H3,(H,12,13). The molecular formula is C10H20N2O2S. The molecule has 0 aliphatic carbocycles. The van der Waals surface area contributed by atoms with Crippen molar-refractivity contribution in [1.29, 1.82) is 0 Å². The van der Waals surface area contributed by atoms with Crippen LogP contribution in [0.1, 0.15) is 27.2 Å². The molecular weight excluding hydrogens is 212 g/mol. The summed E-state index contributed by atoms with van der Waals surface area (Å²) in [5.41, 5.74) is 5.46. The first-order chi connectivity index (χ1) is 6.88. The number of hydrogen-bond donors (Lipinski definition) is 2. The van der Waals surface area contributed by atoms with Gasteiger partial charge in [0.2, 0.25) is 0 Å². The Balaban J connectivity index is 2.36. The van der Waals surface area contributed by atoms with Crippen LogP contribution in [0.4, 0.5) is 4.79 Å². The Bertz CT molecular complexity index is 228. The molecule has 0 aromatic carbocycles. The molecule has 0 radical (unpaired) electrons. The lowest BCUT2D eigenvalue weighted by atomic mass is 10.1. The Morgan fingerprint density at radius 3 is 2.73 bits per heavy atom. The molecule has 0 aromatic rings. The average molecular weight is 232 g/mol. The van der Waals surface area contributed by atoms with E-state index < -0.39 is 5.60 Å². The van der Waals surface area contributed by atoms with Crippen molar-refractivity contribution in [2.75, 3.05) is 11.5 Å². The van der Waals surface area contributed by atoms with E-state index in [2.05, 4.69) is 5.32 Å². The molecule has 1 rings (SSSR count). The Kier molecular flexibility index (Phi) is 4.28. The molecule has 0 aromatic heterocycles. The fourth-order valence-electron chi connectivity index (χ4n) is 1.36. The van der Waals surface area contributed by atoms with Crippen LogP contribution in [0.25, 0.3) is 0 Å². The van der Waals surface area contributed by atoms with E-state index in [1.54, 1.807) is 0 Å². The molecule has 5 heteroatoms. The predicted molar refractivity (Wildman–Crippen MR) is 63.1 cm³/mol. The zero-order chi connectivity index (χ0) is 11.5. The third-order valence-corrected chi connectivity index (χ3v) is 3.23. The van der Waals surface area contributed by atoms with Crippen molar-refractivity contribution < 1.29 is 9.53 Å². The average Bonchev–Trinajstić information content (AvgIpc) is 2.05. The fourth-order valence-corrected chi connectivity index (χ4v) is 2.55. The van der Waals surface area contributed by atoms with Gasteiger partial charge in [0.1, 0.15) is 5.60 Å². The van der Waals surface area contributed by atoms with Gasteiger partial charge >= 0.3 is 6.09 Å². The summed E-state index contributed by atoms with van der Waals surface area (Å²) >= 11 is 1.82. The van der Waals surface area contributed by atoms with Crippen LogP contribution in [-0.2, 0) is 4.74 Å². The summed E-state index contributed by atoms with van der Waals surface area (Å²) < 4.78 is 5.17. The van der Waals surface area contributed by atoms with Gasteiger partial charge in [-0.05, 0) is 32.9 Å². The Hall–Kier alpha value is -0.420. The maximum absolute atomic E-state index is 11.5. The van der Waals surface area contributed by atoms with E-state index in [1.165, 1.54) is 0 Å². The number of hydrogen-bond acceptors (Lipinski definition) is 4. The van der Waals surface area contributed by atoms with Gasteiger partial charge in [0, 0.05) is 11.8 Å². The van der Waals surface area contributed by atoms with Crippen LogP contribution >= 0.6 is 11.8 Å². The van der Waals surface area contributed by atoms with Crippen LogP contribution in [0.3, 0.4) is 0 Å². The normalized spacial score (nSPS) is 27.2. The topological polar surface area (TPSA) is 64.3 Å². The number of thioether (sulfide) groups is 1. The van der Waals surface area contributed by atoms with Crippen molar-refractivity contribution >= 4 is 17.9 Å². The van der Waals surface area contributed by atoms with Crippen LogP contribution in [-0.4, -0.2) is 35.3 Å². The lowest BCUT2D eigenvalue weighted by molar-refractivity contribution is 0.0502. The lowest BCUT2D eigenvalue weighted by Gasteiger charge is -2.30. The fraction of sp³-hybridized carbons (Fsp3) is 0.900. The second-order valence-electron chi connectivity index (χ2n) is 4.78. The van der Waals surface area contributed by atoms with E-state index in [0.29, 0.717) is 0 Å². The number of ether oxygens (including phenoxy) is 1. The number of carbonyl (C=O) groups excluding carboxylic acids is 1. The zero-order valence-corrected chi connectivity index (χ0v) is 10.4. The molecule has 1 heterocycles. The van der Waals surface area contributed by atoms with E-state index in [4.69, 9.17) is 10.5 Å². The molecule has 1 fully saturated rings. The Morgan fingerprint density at radius 2 is 2.20 bits per heavy atom. The highest BCUT2D eigenvalue weighted by Crippen LogP contribution is 2.17. The van der Waals surface area contributed by atoms with Crippen LogP contribution in [0.5, 0.6) is 0 Å². The molecule has 0 spiro atoms. The molecule has 1 saturated heterocycles. The number of carbonyl (C=O) groups is 1. The smallest absolute Gasteiger partial charge is 0.407 e. The lowest BCUT2D eigenvalue weighted by Crippen LogP contribution is -2.52. The van der Waals surface area contributed by atoms with Crippen molar-refractivity contribution in [2.45, 2.75) is 44.9 Å². The molecule has 2 atom stereocenters. The monoisotopic (exact) mass is 232 g/mol. The maximum Gasteiger partial charge on any atom is 0.407 e. The van der Waals surface area contributed by atoms with Gasteiger partial charge in [-0.3, -0.25) is 0 Å². The van der Waals surface area contributed by atoms with Gasteiger partial charge in [-0.1, -0.05) is 0 Å².